The first-order chi connectivity index (χ1) is 10.8. The zero-order chi connectivity index (χ0) is 15.1. The highest BCUT2D eigenvalue weighted by molar-refractivity contribution is 5.93. The molecule has 0 amide bonds. The van der Waals surface area contributed by atoms with E-state index in [0.717, 1.165) is 35.0 Å². The lowest BCUT2D eigenvalue weighted by atomic mass is 9.92. The fraction of sp³-hybridized carbons (Fsp3) is 0.211. The Labute approximate surface area is 130 Å². The molecule has 1 aliphatic rings. The van der Waals surface area contributed by atoms with Crippen molar-refractivity contribution < 1.29 is 0 Å². The van der Waals surface area contributed by atoms with Gasteiger partial charge in [-0.1, -0.05) is 30.3 Å². The molecule has 110 valence electrons. The maximum Gasteiger partial charge on any atom is 0.127 e. The van der Waals surface area contributed by atoms with Gasteiger partial charge in [-0.3, -0.25) is 0 Å². The molecule has 0 spiro atoms. The summed E-state index contributed by atoms with van der Waals surface area (Å²) in [6.45, 7) is 0. The van der Waals surface area contributed by atoms with Crippen LogP contribution in [0, 0.1) is 0 Å². The smallest absolute Gasteiger partial charge is 0.127 e. The summed E-state index contributed by atoms with van der Waals surface area (Å²) in [5.74, 6) is 1.01. The van der Waals surface area contributed by atoms with Crippen molar-refractivity contribution in [2.45, 2.75) is 18.8 Å². The van der Waals surface area contributed by atoms with Gasteiger partial charge in [0.25, 0.3) is 0 Å². The van der Waals surface area contributed by atoms with Gasteiger partial charge in [0.05, 0.1) is 5.52 Å². The number of hydrogen-bond acceptors (Lipinski definition) is 3. The molecule has 0 saturated heterocycles. The van der Waals surface area contributed by atoms with Gasteiger partial charge in [0, 0.05) is 29.6 Å². The van der Waals surface area contributed by atoms with E-state index < -0.39 is 0 Å². The number of aromatic nitrogens is 1. The maximum absolute atomic E-state index is 6.28. The number of hydrogen-bond donors (Lipinski definition) is 2. The zero-order valence-corrected chi connectivity index (χ0v) is 12.6. The normalized spacial score (nSPS) is 16.7. The van der Waals surface area contributed by atoms with Crippen LogP contribution in [0.25, 0.3) is 10.9 Å². The second-order valence-corrected chi connectivity index (χ2v) is 5.88. The molecular weight excluding hydrogens is 270 g/mol. The molecule has 0 bridgehead atoms. The minimum atomic E-state index is 0.359. The molecule has 2 aromatic carbocycles. The second kappa shape index (κ2) is 5.02. The van der Waals surface area contributed by atoms with Crippen LogP contribution in [0.2, 0.25) is 0 Å². The van der Waals surface area contributed by atoms with Gasteiger partial charge in [-0.25, -0.2) is 4.98 Å². The molecule has 3 N–H and O–H groups in total. The fourth-order valence-corrected chi connectivity index (χ4v) is 3.60. The first-order valence-corrected chi connectivity index (χ1v) is 7.72. The number of fused-ring (bicyclic) bond motifs is 2. The molecule has 3 nitrogen and oxygen atoms in total. The standard InChI is InChI=1S/C19H19N3/c1-21-17-7-4-8-18-16(17)11-15(19(20)22-18)14-10-9-12-5-2-3-6-13(12)14/h2-8,11,14,21H,9-10H2,1H3,(H2,20,22)/t14-/m1/s1. The molecule has 1 heterocycles. The van der Waals surface area contributed by atoms with Gasteiger partial charge in [-0.05, 0) is 42.2 Å². The van der Waals surface area contributed by atoms with Crippen LogP contribution in [0.5, 0.6) is 0 Å². The number of benzene rings is 2. The summed E-state index contributed by atoms with van der Waals surface area (Å²) in [6.07, 6.45) is 2.23. The van der Waals surface area contributed by atoms with Gasteiger partial charge in [0.1, 0.15) is 5.82 Å². The quantitative estimate of drug-likeness (QED) is 0.751. The number of pyridine rings is 1. The molecule has 3 aromatic rings. The Morgan fingerprint density at radius 1 is 1.09 bits per heavy atom. The van der Waals surface area contributed by atoms with E-state index in [1.165, 1.54) is 11.1 Å². The predicted octanol–water partition coefficient (Wildman–Crippen LogP) is 3.94. The first-order valence-electron chi connectivity index (χ1n) is 7.72. The summed E-state index contributed by atoms with van der Waals surface area (Å²) in [7, 11) is 1.94. The van der Waals surface area contributed by atoms with Crippen LogP contribution < -0.4 is 11.1 Å². The topological polar surface area (TPSA) is 50.9 Å². The number of nitrogens with two attached hydrogens (primary N) is 1. The van der Waals surface area contributed by atoms with Crippen molar-refractivity contribution in [1.82, 2.24) is 4.98 Å². The summed E-state index contributed by atoms with van der Waals surface area (Å²) in [5, 5.41) is 4.38. The summed E-state index contributed by atoms with van der Waals surface area (Å²) in [5.41, 5.74) is 12.3. The summed E-state index contributed by atoms with van der Waals surface area (Å²) < 4.78 is 0. The largest absolute Gasteiger partial charge is 0.388 e. The summed E-state index contributed by atoms with van der Waals surface area (Å²) >= 11 is 0. The second-order valence-electron chi connectivity index (χ2n) is 5.88. The van der Waals surface area contributed by atoms with Crippen molar-refractivity contribution in [2.75, 3.05) is 18.1 Å². The van der Waals surface area contributed by atoms with E-state index in [-0.39, 0.29) is 0 Å². The van der Waals surface area contributed by atoms with E-state index in [1.54, 1.807) is 0 Å². The van der Waals surface area contributed by atoms with Crippen LogP contribution in [0.1, 0.15) is 29.0 Å². The average molecular weight is 289 g/mol. The van der Waals surface area contributed by atoms with Crippen LogP contribution in [0.3, 0.4) is 0 Å². The van der Waals surface area contributed by atoms with Gasteiger partial charge in [0.2, 0.25) is 0 Å². The Kier molecular flexibility index (Phi) is 3.00. The third kappa shape index (κ3) is 1.93. The van der Waals surface area contributed by atoms with Crippen LogP contribution in [0.4, 0.5) is 11.5 Å². The summed E-state index contributed by atoms with van der Waals surface area (Å²) in [4.78, 5) is 4.64. The fourth-order valence-electron chi connectivity index (χ4n) is 3.60. The van der Waals surface area contributed by atoms with Crippen LogP contribution >= 0.6 is 0 Å². The Morgan fingerprint density at radius 2 is 1.95 bits per heavy atom. The molecule has 3 heteroatoms. The van der Waals surface area contributed by atoms with E-state index in [4.69, 9.17) is 5.73 Å². The maximum atomic E-state index is 6.28. The Balaban J connectivity index is 1.91. The molecule has 0 fully saturated rings. The van der Waals surface area contributed by atoms with Crippen molar-refractivity contribution in [3.8, 4) is 0 Å². The Bertz CT molecular complexity index is 854. The number of anilines is 2. The molecule has 1 aliphatic carbocycles. The van der Waals surface area contributed by atoms with E-state index in [0.29, 0.717) is 11.7 Å². The molecule has 4 rings (SSSR count). The number of nitrogen functional groups attached to an aromatic ring is 1. The molecule has 0 unspecified atom stereocenters. The highest BCUT2D eigenvalue weighted by atomic mass is 14.9. The van der Waals surface area contributed by atoms with Crippen LogP contribution in [0.15, 0.2) is 48.5 Å². The Morgan fingerprint density at radius 3 is 2.82 bits per heavy atom. The lowest BCUT2D eigenvalue weighted by Crippen LogP contribution is -2.04. The van der Waals surface area contributed by atoms with Gasteiger partial charge in [-0.15, -0.1) is 0 Å². The van der Waals surface area contributed by atoms with Crippen LogP contribution in [-0.4, -0.2) is 12.0 Å². The average Bonchev–Trinajstić information content (AvgIpc) is 2.97. The van der Waals surface area contributed by atoms with Crippen molar-refractivity contribution in [2.24, 2.45) is 0 Å². The van der Waals surface area contributed by atoms with Crippen molar-refractivity contribution in [1.29, 1.82) is 0 Å². The Hall–Kier alpha value is -2.55. The SMILES string of the molecule is CNc1cccc2nc(N)c([C@@H]3CCc4ccccc43)cc12. The number of nitrogens with one attached hydrogen (secondary N) is 1. The molecule has 0 radical (unpaired) electrons. The van der Waals surface area contributed by atoms with Gasteiger partial charge in [0.15, 0.2) is 0 Å². The van der Waals surface area contributed by atoms with Crippen molar-refractivity contribution in [3.05, 3.63) is 65.2 Å². The highest BCUT2D eigenvalue weighted by Gasteiger charge is 2.26. The van der Waals surface area contributed by atoms with E-state index in [1.807, 2.05) is 19.2 Å². The van der Waals surface area contributed by atoms with Gasteiger partial charge in [-0.2, -0.15) is 0 Å². The molecule has 0 saturated carbocycles. The minimum absolute atomic E-state index is 0.359. The zero-order valence-electron chi connectivity index (χ0n) is 12.6. The van der Waals surface area contributed by atoms with E-state index >= 15 is 0 Å². The first kappa shape index (κ1) is 13.1. The number of aryl methyl sites for hydroxylation is 1. The van der Waals surface area contributed by atoms with E-state index in [9.17, 15) is 0 Å². The van der Waals surface area contributed by atoms with Gasteiger partial charge < -0.3 is 11.1 Å². The lowest BCUT2D eigenvalue weighted by molar-refractivity contribution is 0.788. The summed E-state index contributed by atoms with van der Waals surface area (Å²) in [6, 6.07) is 17.0. The van der Waals surface area contributed by atoms with E-state index in [2.05, 4.69) is 46.7 Å². The third-order valence-corrected chi connectivity index (χ3v) is 4.70. The third-order valence-electron chi connectivity index (χ3n) is 4.70. The molecule has 1 aromatic heterocycles. The monoisotopic (exact) mass is 289 g/mol. The van der Waals surface area contributed by atoms with Gasteiger partial charge >= 0.3 is 0 Å². The molecule has 0 aliphatic heterocycles. The minimum Gasteiger partial charge on any atom is -0.388 e. The molecular formula is C19H19N3. The van der Waals surface area contributed by atoms with Crippen LogP contribution in [-0.2, 0) is 6.42 Å². The predicted molar refractivity (Wildman–Crippen MR) is 92.3 cm³/mol. The highest BCUT2D eigenvalue weighted by Crippen LogP contribution is 2.41. The molecule has 22 heavy (non-hydrogen) atoms. The lowest BCUT2D eigenvalue weighted by Gasteiger charge is -2.16. The van der Waals surface area contributed by atoms with Crippen molar-refractivity contribution >= 4 is 22.4 Å². The number of rotatable bonds is 2. The number of nitrogens with zero attached hydrogens (tertiary/aromatic N) is 1. The molecule has 1 atom stereocenters. The van der Waals surface area contributed by atoms with Crippen molar-refractivity contribution in [3.63, 3.8) is 0 Å².